The van der Waals surface area contributed by atoms with E-state index in [0.717, 1.165) is 11.3 Å². The summed E-state index contributed by atoms with van der Waals surface area (Å²) in [6.45, 7) is 0. The fourth-order valence-electron chi connectivity index (χ4n) is 2.88. The Hall–Kier alpha value is -3.58. The number of nitrogens with zero attached hydrogens (tertiary/aromatic N) is 3. The number of thioether (sulfide) groups is 1. The number of carbonyl (C=O) groups is 1. The Kier molecular flexibility index (Phi) is 6.10. The molecule has 0 radical (unpaired) electrons. The van der Waals surface area contributed by atoms with Gasteiger partial charge in [0.15, 0.2) is 11.0 Å². The minimum atomic E-state index is -0.367. The quantitative estimate of drug-likeness (QED) is 0.248. The highest BCUT2D eigenvalue weighted by molar-refractivity contribution is 7.99. The topological polar surface area (TPSA) is 66.2 Å². The van der Waals surface area contributed by atoms with Crippen molar-refractivity contribution >= 4 is 17.7 Å². The van der Waals surface area contributed by atoms with Gasteiger partial charge in [0.05, 0.1) is 12.9 Å². The third-order valence-corrected chi connectivity index (χ3v) is 5.19. The number of benzene rings is 3. The van der Waals surface area contributed by atoms with Crippen molar-refractivity contribution in [1.82, 2.24) is 14.8 Å². The van der Waals surface area contributed by atoms with Gasteiger partial charge in [-0.15, -0.1) is 10.2 Å². The molecule has 0 unspecified atom stereocenters. The number of para-hydroxylation sites is 1. The van der Waals surface area contributed by atoms with Crippen LogP contribution in [0.15, 0.2) is 90.1 Å². The van der Waals surface area contributed by atoms with Gasteiger partial charge >= 0.3 is 5.97 Å². The summed E-state index contributed by atoms with van der Waals surface area (Å²) < 4.78 is 12.5. The second-order valence-electron chi connectivity index (χ2n) is 6.28. The Morgan fingerprint density at radius 1 is 0.867 bits per heavy atom. The van der Waals surface area contributed by atoms with Crippen LogP contribution in [0, 0.1) is 0 Å². The average Bonchev–Trinajstić information content (AvgIpc) is 3.23. The number of ether oxygens (including phenoxy) is 2. The van der Waals surface area contributed by atoms with E-state index in [1.165, 1.54) is 11.8 Å². The zero-order valence-corrected chi connectivity index (χ0v) is 17.1. The highest BCUT2D eigenvalue weighted by Crippen LogP contribution is 2.28. The van der Waals surface area contributed by atoms with Crippen LogP contribution < -0.4 is 9.47 Å². The minimum absolute atomic E-state index is 0.103. The highest BCUT2D eigenvalue weighted by atomic mass is 32.2. The lowest BCUT2D eigenvalue weighted by Crippen LogP contribution is -2.11. The molecule has 0 aliphatic heterocycles. The first-order valence-corrected chi connectivity index (χ1v) is 10.3. The monoisotopic (exact) mass is 417 g/mol. The van der Waals surface area contributed by atoms with Crippen LogP contribution in [0.5, 0.6) is 11.5 Å². The summed E-state index contributed by atoms with van der Waals surface area (Å²) in [6.07, 6.45) is 0. The maximum absolute atomic E-state index is 12.3. The molecule has 7 heteroatoms. The van der Waals surface area contributed by atoms with Crippen molar-refractivity contribution < 1.29 is 14.3 Å². The maximum atomic E-state index is 12.3. The van der Waals surface area contributed by atoms with E-state index in [-0.39, 0.29) is 11.7 Å². The first-order valence-electron chi connectivity index (χ1n) is 9.28. The van der Waals surface area contributed by atoms with Crippen LogP contribution in [0.2, 0.25) is 0 Å². The molecule has 0 N–H and O–H groups in total. The molecule has 30 heavy (non-hydrogen) atoms. The SMILES string of the molecule is COc1ccc(OC(=O)CSc2nnc(-c3ccccc3)n2-c2ccccc2)cc1. The van der Waals surface area contributed by atoms with E-state index in [1.54, 1.807) is 31.4 Å². The van der Waals surface area contributed by atoms with Gasteiger partial charge in [0.1, 0.15) is 11.5 Å². The Morgan fingerprint density at radius 2 is 1.50 bits per heavy atom. The van der Waals surface area contributed by atoms with Gasteiger partial charge < -0.3 is 9.47 Å². The molecule has 150 valence electrons. The number of carbonyl (C=O) groups excluding carboxylic acids is 1. The molecular formula is C23H19N3O3S. The first kappa shape index (κ1) is 19.7. The van der Waals surface area contributed by atoms with Gasteiger partial charge in [0.2, 0.25) is 0 Å². The van der Waals surface area contributed by atoms with Crippen molar-refractivity contribution in [3.05, 3.63) is 84.9 Å². The van der Waals surface area contributed by atoms with Crippen molar-refractivity contribution in [2.45, 2.75) is 5.16 Å². The third kappa shape index (κ3) is 4.52. The fraction of sp³-hybridized carbons (Fsp3) is 0.0870. The van der Waals surface area contributed by atoms with Crippen molar-refractivity contribution in [2.75, 3.05) is 12.9 Å². The predicted molar refractivity (Wildman–Crippen MR) is 116 cm³/mol. The molecule has 3 aromatic carbocycles. The second kappa shape index (κ2) is 9.28. The molecule has 0 aliphatic rings. The Balaban J connectivity index is 1.54. The van der Waals surface area contributed by atoms with Gasteiger partial charge in [-0.2, -0.15) is 0 Å². The molecule has 4 aromatic rings. The molecule has 1 heterocycles. The molecule has 0 fully saturated rings. The van der Waals surface area contributed by atoms with Crippen molar-refractivity contribution in [1.29, 1.82) is 0 Å². The normalized spacial score (nSPS) is 10.6. The van der Waals surface area contributed by atoms with E-state index in [9.17, 15) is 4.79 Å². The van der Waals surface area contributed by atoms with Crippen LogP contribution in [0.25, 0.3) is 17.1 Å². The Morgan fingerprint density at radius 3 is 2.17 bits per heavy atom. The molecule has 1 aromatic heterocycles. The zero-order chi connectivity index (χ0) is 20.8. The molecule has 0 spiro atoms. The van der Waals surface area contributed by atoms with E-state index in [4.69, 9.17) is 9.47 Å². The lowest BCUT2D eigenvalue weighted by Gasteiger charge is -2.10. The summed E-state index contributed by atoms with van der Waals surface area (Å²) in [6, 6.07) is 26.5. The van der Waals surface area contributed by atoms with E-state index >= 15 is 0 Å². The Labute approximate surface area is 178 Å². The highest BCUT2D eigenvalue weighted by Gasteiger charge is 2.17. The Bertz CT molecular complexity index is 1110. The number of hydrogen-bond acceptors (Lipinski definition) is 6. The third-order valence-electron chi connectivity index (χ3n) is 4.29. The molecule has 6 nitrogen and oxygen atoms in total. The minimum Gasteiger partial charge on any atom is -0.497 e. The van der Waals surface area contributed by atoms with Crippen LogP contribution in [0.1, 0.15) is 0 Å². The number of rotatable bonds is 7. The number of aromatic nitrogens is 3. The summed E-state index contributed by atoms with van der Waals surface area (Å²) in [5.41, 5.74) is 1.87. The van der Waals surface area contributed by atoms with E-state index < -0.39 is 0 Å². The maximum Gasteiger partial charge on any atom is 0.321 e. The molecule has 0 aliphatic carbocycles. The summed E-state index contributed by atoms with van der Waals surface area (Å²) in [5, 5.41) is 9.31. The summed E-state index contributed by atoms with van der Waals surface area (Å²) in [7, 11) is 1.59. The number of hydrogen-bond donors (Lipinski definition) is 0. The lowest BCUT2D eigenvalue weighted by atomic mass is 10.2. The van der Waals surface area contributed by atoms with E-state index in [0.29, 0.717) is 22.5 Å². The second-order valence-corrected chi connectivity index (χ2v) is 7.22. The van der Waals surface area contributed by atoms with Gasteiger partial charge in [-0.1, -0.05) is 60.3 Å². The lowest BCUT2D eigenvalue weighted by molar-refractivity contribution is -0.131. The molecule has 0 bridgehead atoms. The molecule has 0 amide bonds. The predicted octanol–water partition coefficient (Wildman–Crippen LogP) is 4.64. The van der Waals surface area contributed by atoms with E-state index in [1.807, 2.05) is 65.2 Å². The number of methoxy groups -OCH3 is 1. The van der Waals surface area contributed by atoms with Crippen molar-refractivity contribution in [2.24, 2.45) is 0 Å². The average molecular weight is 417 g/mol. The van der Waals surface area contributed by atoms with E-state index in [2.05, 4.69) is 10.2 Å². The standard InChI is InChI=1S/C23H19N3O3S/c1-28-19-12-14-20(15-13-19)29-21(27)16-30-23-25-24-22(17-8-4-2-5-9-17)26(23)18-10-6-3-7-11-18/h2-15H,16H2,1H3. The molecule has 0 atom stereocenters. The van der Waals surface area contributed by atoms with Gasteiger partial charge in [0.25, 0.3) is 0 Å². The van der Waals surface area contributed by atoms with Crippen molar-refractivity contribution in [3.8, 4) is 28.6 Å². The molecule has 0 saturated carbocycles. The summed E-state index contributed by atoms with van der Waals surface area (Å²) in [4.78, 5) is 12.3. The van der Waals surface area contributed by atoms with Gasteiger partial charge in [0, 0.05) is 11.3 Å². The zero-order valence-electron chi connectivity index (χ0n) is 16.3. The van der Waals surface area contributed by atoms with Gasteiger partial charge in [-0.3, -0.25) is 9.36 Å². The van der Waals surface area contributed by atoms with Crippen LogP contribution in [0.3, 0.4) is 0 Å². The number of esters is 1. The van der Waals surface area contributed by atoms with Gasteiger partial charge in [-0.25, -0.2) is 0 Å². The van der Waals surface area contributed by atoms with Crippen molar-refractivity contribution in [3.63, 3.8) is 0 Å². The first-order chi connectivity index (χ1) is 14.7. The summed E-state index contributed by atoms with van der Waals surface area (Å²) in [5.74, 6) is 1.62. The van der Waals surface area contributed by atoms with Gasteiger partial charge in [-0.05, 0) is 36.4 Å². The largest absolute Gasteiger partial charge is 0.497 e. The van der Waals surface area contributed by atoms with Crippen LogP contribution in [-0.2, 0) is 4.79 Å². The molecular weight excluding hydrogens is 398 g/mol. The summed E-state index contributed by atoms with van der Waals surface area (Å²) >= 11 is 1.28. The van der Waals surface area contributed by atoms with Crippen LogP contribution in [0.4, 0.5) is 0 Å². The fourth-order valence-corrected chi connectivity index (χ4v) is 3.60. The molecule has 4 rings (SSSR count). The van der Waals surface area contributed by atoms with Crippen LogP contribution in [-0.4, -0.2) is 33.6 Å². The smallest absolute Gasteiger partial charge is 0.321 e. The molecule has 0 saturated heterocycles. The van der Waals surface area contributed by atoms with Crippen LogP contribution >= 0.6 is 11.8 Å².